The van der Waals surface area contributed by atoms with Gasteiger partial charge in [0, 0.05) is 11.1 Å². The van der Waals surface area contributed by atoms with Gasteiger partial charge < -0.3 is 10.1 Å². The Morgan fingerprint density at radius 1 is 1.47 bits per heavy atom. The van der Waals surface area contributed by atoms with Crippen molar-refractivity contribution < 1.29 is 9.53 Å². The summed E-state index contributed by atoms with van der Waals surface area (Å²) in [4.78, 5) is 12.4. The van der Waals surface area contributed by atoms with Crippen LogP contribution in [0.3, 0.4) is 0 Å². The molecule has 0 saturated heterocycles. The van der Waals surface area contributed by atoms with Gasteiger partial charge in [0.05, 0.1) is 6.61 Å². The molecule has 3 heteroatoms. The highest BCUT2D eigenvalue weighted by molar-refractivity contribution is 5.86. The molecule has 1 aromatic carbocycles. The van der Waals surface area contributed by atoms with Crippen molar-refractivity contribution in [2.75, 3.05) is 11.9 Å². The van der Waals surface area contributed by atoms with Crippen molar-refractivity contribution >= 4 is 11.7 Å². The van der Waals surface area contributed by atoms with Crippen LogP contribution in [0.2, 0.25) is 0 Å². The smallest absolute Gasteiger partial charge is 0.332 e. The molecule has 19 heavy (non-hydrogen) atoms. The SMILES string of the molecule is CCOC(=O)C(C)(Nc1cccc(C)c1)C1(C)CC1. The van der Waals surface area contributed by atoms with E-state index in [0.717, 1.165) is 18.5 Å². The number of carbonyl (C=O) groups is 1. The molecule has 0 heterocycles. The minimum absolute atomic E-state index is 0.0109. The predicted octanol–water partition coefficient (Wildman–Crippen LogP) is 3.53. The molecule has 0 spiro atoms. The number of carbonyl (C=O) groups excluding carboxylic acids is 1. The van der Waals surface area contributed by atoms with Gasteiger partial charge in [0.2, 0.25) is 0 Å². The molecule has 0 aliphatic heterocycles. The second-order valence-corrected chi connectivity index (χ2v) is 5.90. The molecule has 104 valence electrons. The summed E-state index contributed by atoms with van der Waals surface area (Å²) in [6, 6.07) is 8.10. The van der Waals surface area contributed by atoms with Gasteiger partial charge in [-0.1, -0.05) is 19.1 Å². The zero-order valence-electron chi connectivity index (χ0n) is 12.2. The molecule has 2 rings (SSSR count). The zero-order valence-corrected chi connectivity index (χ0v) is 12.2. The minimum Gasteiger partial charge on any atom is -0.464 e. The van der Waals surface area contributed by atoms with E-state index in [2.05, 4.69) is 18.3 Å². The maximum atomic E-state index is 12.4. The van der Waals surface area contributed by atoms with Crippen molar-refractivity contribution in [2.45, 2.75) is 46.1 Å². The third kappa shape index (κ3) is 2.60. The second-order valence-electron chi connectivity index (χ2n) is 5.90. The summed E-state index contributed by atoms with van der Waals surface area (Å²) in [6.07, 6.45) is 2.11. The highest BCUT2D eigenvalue weighted by Crippen LogP contribution is 2.55. The fourth-order valence-corrected chi connectivity index (χ4v) is 2.42. The molecule has 1 aliphatic carbocycles. The summed E-state index contributed by atoms with van der Waals surface area (Å²) in [7, 11) is 0. The summed E-state index contributed by atoms with van der Waals surface area (Å²) in [6.45, 7) is 8.42. The van der Waals surface area contributed by atoms with E-state index in [1.54, 1.807) is 0 Å². The van der Waals surface area contributed by atoms with Crippen LogP contribution in [0.25, 0.3) is 0 Å². The van der Waals surface area contributed by atoms with Gasteiger partial charge in [0.25, 0.3) is 0 Å². The van der Waals surface area contributed by atoms with Crippen molar-refractivity contribution in [3.63, 3.8) is 0 Å². The van der Waals surface area contributed by atoms with E-state index in [0.29, 0.717) is 6.61 Å². The van der Waals surface area contributed by atoms with Crippen LogP contribution >= 0.6 is 0 Å². The Morgan fingerprint density at radius 2 is 2.16 bits per heavy atom. The van der Waals surface area contributed by atoms with Crippen LogP contribution in [0.1, 0.15) is 39.2 Å². The molecule has 1 saturated carbocycles. The molecule has 1 unspecified atom stereocenters. The highest BCUT2D eigenvalue weighted by atomic mass is 16.5. The number of ether oxygens (including phenoxy) is 1. The van der Waals surface area contributed by atoms with Crippen molar-refractivity contribution in [1.29, 1.82) is 0 Å². The Balaban J connectivity index is 2.26. The van der Waals surface area contributed by atoms with Crippen LogP contribution in [0.5, 0.6) is 0 Å². The molecule has 1 aliphatic rings. The maximum Gasteiger partial charge on any atom is 0.332 e. The fraction of sp³-hybridized carbons (Fsp3) is 0.562. The topological polar surface area (TPSA) is 38.3 Å². The lowest BCUT2D eigenvalue weighted by Crippen LogP contribution is -2.51. The van der Waals surface area contributed by atoms with Gasteiger partial charge in [-0.05, 0) is 51.3 Å². The Labute approximate surface area is 115 Å². The Morgan fingerprint density at radius 3 is 2.68 bits per heavy atom. The van der Waals surface area contributed by atoms with E-state index >= 15 is 0 Å². The lowest BCUT2D eigenvalue weighted by Gasteiger charge is -2.35. The molecule has 0 amide bonds. The molecule has 1 aromatic rings. The van der Waals surface area contributed by atoms with Crippen molar-refractivity contribution in [2.24, 2.45) is 5.41 Å². The van der Waals surface area contributed by atoms with Crippen LogP contribution < -0.4 is 5.32 Å². The van der Waals surface area contributed by atoms with Gasteiger partial charge in [-0.25, -0.2) is 4.79 Å². The number of esters is 1. The van der Waals surface area contributed by atoms with E-state index in [9.17, 15) is 4.79 Å². The van der Waals surface area contributed by atoms with E-state index < -0.39 is 5.54 Å². The number of aryl methyl sites for hydroxylation is 1. The molecule has 1 atom stereocenters. The first kappa shape index (κ1) is 13.9. The Bertz CT molecular complexity index is 479. The van der Waals surface area contributed by atoms with Gasteiger partial charge in [0.15, 0.2) is 0 Å². The average Bonchev–Trinajstić information content (AvgIpc) is 3.09. The average molecular weight is 261 g/mol. The predicted molar refractivity (Wildman–Crippen MR) is 77.2 cm³/mol. The minimum atomic E-state index is -0.656. The molecular formula is C16H23NO2. The van der Waals surface area contributed by atoms with Gasteiger partial charge in [-0.2, -0.15) is 0 Å². The third-order valence-corrected chi connectivity index (χ3v) is 4.30. The second kappa shape index (κ2) is 4.87. The quantitative estimate of drug-likeness (QED) is 0.824. The van der Waals surface area contributed by atoms with Crippen LogP contribution in [0.4, 0.5) is 5.69 Å². The molecule has 1 fully saturated rings. The summed E-state index contributed by atoms with van der Waals surface area (Å²) in [5, 5.41) is 3.41. The molecular weight excluding hydrogens is 238 g/mol. The first-order valence-electron chi connectivity index (χ1n) is 6.93. The molecule has 0 aromatic heterocycles. The summed E-state index contributed by atoms with van der Waals surface area (Å²) in [5.74, 6) is -0.156. The summed E-state index contributed by atoms with van der Waals surface area (Å²) >= 11 is 0. The molecule has 0 bridgehead atoms. The van der Waals surface area contributed by atoms with Gasteiger partial charge >= 0.3 is 5.97 Å². The van der Waals surface area contributed by atoms with Crippen molar-refractivity contribution in [3.05, 3.63) is 29.8 Å². The van der Waals surface area contributed by atoms with Crippen LogP contribution in [-0.4, -0.2) is 18.1 Å². The standard InChI is InChI=1S/C16H23NO2/c1-5-19-14(18)16(4,15(3)9-10-15)17-13-8-6-7-12(2)11-13/h6-8,11,17H,5,9-10H2,1-4H3. The van der Waals surface area contributed by atoms with Gasteiger partial charge in [-0.3, -0.25) is 0 Å². The summed E-state index contributed by atoms with van der Waals surface area (Å²) < 4.78 is 5.27. The number of anilines is 1. The molecule has 0 radical (unpaired) electrons. The van der Waals surface area contributed by atoms with Crippen molar-refractivity contribution in [3.8, 4) is 0 Å². The van der Waals surface area contributed by atoms with Gasteiger partial charge in [-0.15, -0.1) is 0 Å². The fourth-order valence-electron chi connectivity index (χ4n) is 2.42. The van der Waals surface area contributed by atoms with Gasteiger partial charge in [0.1, 0.15) is 5.54 Å². The van der Waals surface area contributed by atoms with E-state index in [-0.39, 0.29) is 11.4 Å². The lowest BCUT2D eigenvalue weighted by atomic mass is 9.83. The first-order chi connectivity index (χ1) is 8.91. The third-order valence-electron chi connectivity index (χ3n) is 4.30. The number of rotatable bonds is 5. The lowest BCUT2D eigenvalue weighted by molar-refractivity contribution is -0.150. The van der Waals surface area contributed by atoms with Crippen LogP contribution in [0.15, 0.2) is 24.3 Å². The zero-order chi connectivity index (χ0) is 14.1. The first-order valence-corrected chi connectivity index (χ1v) is 6.93. The Hall–Kier alpha value is -1.51. The monoisotopic (exact) mass is 261 g/mol. The van der Waals surface area contributed by atoms with E-state index in [4.69, 9.17) is 4.74 Å². The normalized spacial score (nSPS) is 19.4. The number of hydrogen-bond acceptors (Lipinski definition) is 3. The van der Waals surface area contributed by atoms with Crippen molar-refractivity contribution in [1.82, 2.24) is 0 Å². The number of nitrogens with one attached hydrogen (secondary N) is 1. The van der Waals surface area contributed by atoms with Crippen LogP contribution in [-0.2, 0) is 9.53 Å². The van der Waals surface area contributed by atoms with E-state index in [1.165, 1.54) is 5.56 Å². The maximum absolute atomic E-state index is 12.4. The Kier molecular flexibility index (Phi) is 3.57. The molecule has 3 nitrogen and oxygen atoms in total. The molecule has 1 N–H and O–H groups in total. The largest absolute Gasteiger partial charge is 0.464 e. The number of hydrogen-bond donors (Lipinski definition) is 1. The highest BCUT2D eigenvalue weighted by Gasteiger charge is 2.58. The van der Waals surface area contributed by atoms with Crippen LogP contribution in [0, 0.1) is 12.3 Å². The summed E-state index contributed by atoms with van der Waals surface area (Å²) in [5.41, 5.74) is 1.49. The van der Waals surface area contributed by atoms with E-state index in [1.807, 2.05) is 39.0 Å². The number of benzene rings is 1.